The van der Waals surface area contributed by atoms with Crippen molar-refractivity contribution >= 4 is 108 Å². The Morgan fingerprint density at radius 3 is 1.77 bits per heavy atom. The fourth-order valence-electron chi connectivity index (χ4n) is 2.74. The van der Waals surface area contributed by atoms with Crippen molar-refractivity contribution in [2.45, 2.75) is 9.79 Å². The molecule has 4 N–H and O–H groups in total. The first-order valence-electron chi connectivity index (χ1n) is 9.51. The van der Waals surface area contributed by atoms with Crippen LogP contribution in [0.15, 0.2) is 78.8 Å². The summed E-state index contributed by atoms with van der Waals surface area (Å²) in [5, 5.41) is 45.8. The van der Waals surface area contributed by atoms with Gasteiger partial charge >= 0.3 is 0 Å². The topological polar surface area (TPSA) is 251 Å². The third kappa shape index (κ3) is 8.73. The van der Waals surface area contributed by atoms with E-state index >= 15 is 0 Å². The summed E-state index contributed by atoms with van der Waals surface area (Å²) >= 11 is 0. The second kappa shape index (κ2) is 13.7. The van der Waals surface area contributed by atoms with Gasteiger partial charge in [0, 0.05) is 83.4 Å². The van der Waals surface area contributed by atoms with Crippen molar-refractivity contribution in [1.29, 1.82) is 0 Å². The Bertz CT molecular complexity index is 1680. The third-order valence-electron chi connectivity index (χ3n) is 4.48. The Morgan fingerprint density at radius 2 is 1.28 bits per heavy atom. The number of phenols is 2. The maximum Gasteiger partial charge on any atom is 0.297 e. The molecule has 0 aliphatic heterocycles. The monoisotopic (exact) mass is 599 g/mol. The van der Waals surface area contributed by atoms with Crippen LogP contribution in [0.5, 0.6) is 17.2 Å². The minimum Gasteiger partial charge on any atom is -0.505 e. The summed E-state index contributed by atoms with van der Waals surface area (Å²) < 4.78 is 69.7. The Labute approximate surface area is 264 Å². The van der Waals surface area contributed by atoms with E-state index in [0.717, 1.165) is 36.4 Å². The van der Waals surface area contributed by atoms with E-state index < -0.39 is 57.8 Å². The minimum absolute atomic E-state index is 0. The van der Waals surface area contributed by atoms with Gasteiger partial charge in [0.05, 0.1) is 16.9 Å². The number of nitro groups is 1. The van der Waals surface area contributed by atoms with Gasteiger partial charge in [-0.3, -0.25) is 19.2 Å². The van der Waals surface area contributed by atoms with Crippen molar-refractivity contribution in [2.24, 2.45) is 20.5 Å². The van der Waals surface area contributed by atoms with Gasteiger partial charge in [-0.25, -0.2) is 0 Å². The molecule has 0 amide bonds. The molecule has 0 bridgehead atoms. The number of benzene rings is 3. The number of hydrogen-bond donors (Lipinski definition) is 4. The SMILES string of the molecule is COc1ccc(S(=O)(=O)O)cc1N=Nc1cc(N=Nc2ccc([N+](=O)[O-])cc2S(=O)(=O)O)c(O)cc1O.[Na].[Na]. The molecule has 0 saturated carbocycles. The van der Waals surface area contributed by atoms with Crippen molar-refractivity contribution in [3.63, 3.8) is 0 Å². The van der Waals surface area contributed by atoms with Gasteiger partial charge < -0.3 is 14.9 Å². The standard InChI is InChI=1S/C19H15N5O11S2.2Na/c1-35-18-5-3-11(36(29,30)31)7-15(18)23-22-14-8-13(16(25)9-17(14)26)21-20-12-4-2-10(24(27)28)6-19(12)37(32,33)34;;/h2-9,25-26H,1H3,(H,29,30,31)(H,32,33,34);;. The van der Waals surface area contributed by atoms with E-state index in [9.17, 15) is 46.3 Å². The summed E-state index contributed by atoms with van der Waals surface area (Å²) in [6, 6.07) is 7.34. The number of phenolic OH excluding ortho intramolecular Hbond substituents is 2. The molecule has 0 unspecified atom stereocenters. The summed E-state index contributed by atoms with van der Waals surface area (Å²) in [6.07, 6.45) is 0. The number of azo groups is 2. The molecule has 2 radical (unpaired) electrons. The molecule has 0 aliphatic rings. The zero-order valence-corrected chi connectivity index (χ0v) is 26.0. The Kier molecular flexibility index (Phi) is 12.1. The van der Waals surface area contributed by atoms with Crippen LogP contribution >= 0.6 is 0 Å². The van der Waals surface area contributed by atoms with Gasteiger partial charge in [0.1, 0.15) is 44.9 Å². The molecule has 0 atom stereocenters. The molecule has 0 aliphatic carbocycles. The minimum atomic E-state index is -4.95. The van der Waals surface area contributed by atoms with Crippen LogP contribution in [0.3, 0.4) is 0 Å². The fraction of sp³-hybridized carbons (Fsp3) is 0.0526. The molecule has 0 heterocycles. The van der Waals surface area contributed by atoms with Crippen LogP contribution in [0.4, 0.5) is 28.4 Å². The number of rotatable bonds is 8. The first-order chi connectivity index (χ1) is 17.2. The Hall–Kier alpha value is -2.52. The molecule has 0 fully saturated rings. The van der Waals surface area contributed by atoms with Gasteiger partial charge in [0.15, 0.2) is 0 Å². The quantitative estimate of drug-likeness (QED) is 0.0957. The second-order valence-corrected chi connectivity index (χ2v) is 9.73. The Morgan fingerprint density at radius 1 is 0.744 bits per heavy atom. The smallest absolute Gasteiger partial charge is 0.297 e. The molecule has 0 spiro atoms. The van der Waals surface area contributed by atoms with Crippen LogP contribution < -0.4 is 4.74 Å². The van der Waals surface area contributed by atoms with Crippen molar-refractivity contribution in [3.05, 3.63) is 58.6 Å². The molecule has 3 aromatic carbocycles. The number of hydrogen-bond acceptors (Lipinski definition) is 13. The molecule has 0 saturated heterocycles. The molecule has 0 aromatic heterocycles. The van der Waals surface area contributed by atoms with Crippen molar-refractivity contribution < 1.29 is 45.8 Å². The normalized spacial score (nSPS) is 11.7. The second-order valence-electron chi connectivity index (χ2n) is 6.92. The Balaban J connectivity index is 0.00000380. The number of ether oxygens (including phenoxy) is 1. The van der Waals surface area contributed by atoms with E-state index in [1.54, 1.807) is 0 Å². The molecule has 39 heavy (non-hydrogen) atoms. The number of methoxy groups -OCH3 is 1. The van der Waals surface area contributed by atoms with Gasteiger partial charge in [0.2, 0.25) is 0 Å². The van der Waals surface area contributed by atoms with Crippen LogP contribution in [0.1, 0.15) is 0 Å². The van der Waals surface area contributed by atoms with E-state index in [4.69, 9.17) is 4.74 Å². The average molecular weight is 599 g/mol. The summed E-state index contributed by atoms with van der Waals surface area (Å²) in [4.78, 5) is 8.58. The van der Waals surface area contributed by atoms with Gasteiger partial charge in [-0.05, 0) is 24.3 Å². The van der Waals surface area contributed by atoms with E-state index in [1.165, 1.54) is 13.2 Å². The molecule has 196 valence electrons. The molecule has 3 aromatic rings. The van der Waals surface area contributed by atoms with Crippen LogP contribution in [0, 0.1) is 10.1 Å². The first-order valence-corrected chi connectivity index (χ1v) is 12.4. The van der Waals surface area contributed by atoms with E-state index in [1.807, 2.05) is 0 Å². The summed E-state index contributed by atoms with van der Waals surface area (Å²) in [5.74, 6) is -1.18. The maximum atomic E-state index is 11.6. The summed E-state index contributed by atoms with van der Waals surface area (Å²) in [5.41, 5.74) is -1.99. The van der Waals surface area contributed by atoms with Crippen molar-refractivity contribution in [2.75, 3.05) is 7.11 Å². The van der Waals surface area contributed by atoms with Gasteiger partial charge in [-0.15, -0.1) is 20.5 Å². The van der Waals surface area contributed by atoms with Gasteiger partial charge in [0.25, 0.3) is 25.9 Å². The molecular formula is C19H15N5Na2O11S2. The van der Waals surface area contributed by atoms with Crippen LogP contribution in [-0.4, -0.2) is 107 Å². The number of non-ortho nitro benzene ring substituents is 1. The van der Waals surface area contributed by atoms with Crippen LogP contribution in [0.25, 0.3) is 0 Å². The number of nitrogens with zero attached hydrogens (tertiary/aromatic N) is 5. The van der Waals surface area contributed by atoms with Crippen molar-refractivity contribution in [1.82, 2.24) is 0 Å². The zero-order valence-electron chi connectivity index (χ0n) is 20.3. The van der Waals surface area contributed by atoms with Gasteiger partial charge in [-0.2, -0.15) is 16.8 Å². The first kappa shape index (κ1) is 34.5. The van der Waals surface area contributed by atoms with E-state index in [0.29, 0.717) is 6.07 Å². The average Bonchev–Trinajstić information content (AvgIpc) is 2.81. The summed E-state index contributed by atoms with van der Waals surface area (Å²) in [6.45, 7) is 0. The van der Waals surface area contributed by atoms with Crippen molar-refractivity contribution in [3.8, 4) is 17.2 Å². The van der Waals surface area contributed by atoms with Gasteiger partial charge in [-0.1, -0.05) is 0 Å². The van der Waals surface area contributed by atoms with Crippen LogP contribution in [-0.2, 0) is 20.2 Å². The molecular weight excluding hydrogens is 584 g/mol. The third-order valence-corrected chi connectivity index (χ3v) is 6.22. The molecule has 20 heteroatoms. The van der Waals surface area contributed by atoms with E-state index in [2.05, 4.69) is 20.5 Å². The largest absolute Gasteiger partial charge is 0.505 e. The zero-order chi connectivity index (χ0) is 27.5. The van der Waals surface area contributed by atoms with E-state index in [-0.39, 0.29) is 81.9 Å². The summed E-state index contributed by atoms with van der Waals surface area (Å²) in [7, 11) is -8.26. The maximum absolute atomic E-state index is 11.6. The molecule has 16 nitrogen and oxygen atoms in total. The predicted octanol–water partition coefficient (Wildman–Crippen LogP) is 3.58. The van der Waals surface area contributed by atoms with Crippen LogP contribution in [0.2, 0.25) is 0 Å². The number of aromatic hydroxyl groups is 2. The molecule has 3 rings (SSSR count). The number of nitro benzene ring substituents is 1. The fourth-order valence-corrected chi connectivity index (χ4v) is 3.89. The predicted molar refractivity (Wildman–Crippen MR) is 135 cm³/mol.